The predicted molar refractivity (Wildman–Crippen MR) is 102 cm³/mol. The predicted octanol–water partition coefficient (Wildman–Crippen LogP) is 2.85. The standard InChI is InChI=1S/C21H26N4O/c1-16-13-22-21(23-14-16)24-11-9-18-10-12-25(19(18)15-24)20(26)8-7-17-5-3-2-4-6-17/h2-6,13-14,18-19H,7-12,15H2,1H3. The summed E-state index contributed by atoms with van der Waals surface area (Å²) >= 11 is 0. The van der Waals surface area contributed by atoms with Crippen LogP contribution in [0.3, 0.4) is 0 Å². The molecule has 0 saturated carbocycles. The molecule has 26 heavy (non-hydrogen) atoms. The molecule has 2 aliphatic heterocycles. The van der Waals surface area contributed by atoms with Crippen LogP contribution in [0.1, 0.15) is 30.4 Å². The minimum absolute atomic E-state index is 0.285. The van der Waals surface area contributed by atoms with Crippen LogP contribution in [0.4, 0.5) is 5.95 Å². The number of fused-ring (bicyclic) bond motifs is 1. The Balaban J connectivity index is 1.40. The first-order chi connectivity index (χ1) is 12.7. The fourth-order valence-corrected chi connectivity index (χ4v) is 4.22. The molecular formula is C21H26N4O. The van der Waals surface area contributed by atoms with Crippen molar-refractivity contribution in [2.45, 2.75) is 38.6 Å². The summed E-state index contributed by atoms with van der Waals surface area (Å²) in [5.74, 6) is 1.70. The summed E-state index contributed by atoms with van der Waals surface area (Å²) in [6.45, 7) is 4.73. The molecule has 5 heteroatoms. The van der Waals surface area contributed by atoms with Gasteiger partial charge in [0.15, 0.2) is 0 Å². The third-order valence-electron chi connectivity index (χ3n) is 5.70. The van der Waals surface area contributed by atoms with E-state index in [9.17, 15) is 4.79 Å². The largest absolute Gasteiger partial charge is 0.339 e. The van der Waals surface area contributed by atoms with Crippen molar-refractivity contribution in [3.63, 3.8) is 0 Å². The van der Waals surface area contributed by atoms with E-state index in [-0.39, 0.29) is 5.91 Å². The summed E-state index contributed by atoms with van der Waals surface area (Å²) in [5, 5.41) is 0. The van der Waals surface area contributed by atoms with Crippen LogP contribution in [-0.2, 0) is 11.2 Å². The Morgan fingerprint density at radius 2 is 1.85 bits per heavy atom. The van der Waals surface area contributed by atoms with Gasteiger partial charge >= 0.3 is 0 Å². The molecule has 1 aromatic heterocycles. The molecule has 0 radical (unpaired) electrons. The van der Waals surface area contributed by atoms with E-state index >= 15 is 0 Å². The van der Waals surface area contributed by atoms with Crippen LogP contribution in [0, 0.1) is 12.8 Å². The summed E-state index contributed by atoms with van der Waals surface area (Å²) in [6, 6.07) is 10.6. The summed E-state index contributed by atoms with van der Waals surface area (Å²) in [6.07, 6.45) is 7.39. The number of carbonyl (C=O) groups is 1. The zero-order valence-electron chi connectivity index (χ0n) is 15.3. The van der Waals surface area contributed by atoms with E-state index in [1.54, 1.807) is 0 Å². The van der Waals surface area contributed by atoms with E-state index in [1.165, 1.54) is 5.56 Å². The van der Waals surface area contributed by atoms with Crippen molar-refractivity contribution in [1.82, 2.24) is 14.9 Å². The van der Waals surface area contributed by atoms with Gasteiger partial charge in [0.2, 0.25) is 11.9 Å². The van der Waals surface area contributed by atoms with Crippen molar-refractivity contribution < 1.29 is 4.79 Å². The van der Waals surface area contributed by atoms with Crippen molar-refractivity contribution in [3.8, 4) is 0 Å². The first-order valence-corrected chi connectivity index (χ1v) is 9.58. The Kier molecular flexibility index (Phi) is 4.87. The summed E-state index contributed by atoms with van der Waals surface area (Å²) in [5.41, 5.74) is 2.30. The number of aromatic nitrogens is 2. The smallest absolute Gasteiger partial charge is 0.225 e. The Labute approximate surface area is 155 Å². The van der Waals surface area contributed by atoms with Crippen LogP contribution in [0.2, 0.25) is 0 Å². The van der Waals surface area contributed by atoms with Crippen molar-refractivity contribution in [2.75, 3.05) is 24.5 Å². The Hall–Kier alpha value is -2.43. The molecule has 0 bridgehead atoms. The Morgan fingerprint density at radius 3 is 2.62 bits per heavy atom. The highest BCUT2D eigenvalue weighted by molar-refractivity contribution is 5.77. The highest BCUT2D eigenvalue weighted by Gasteiger charge is 2.40. The first-order valence-electron chi connectivity index (χ1n) is 9.58. The second-order valence-corrected chi connectivity index (χ2v) is 7.48. The van der Waals surface area contributed by atoms with Crippen LogP contribution < -0.4 is 4.90 Å². The second-order valence-electron chi connectivity index (χ2n) is 7.48. The number of benzene rings is 1. The average Bonchev–Trinajstić information content (AvgIpc) is 3.11. The number of anilines is 1. The van der Waals surface area contributed by atoms with Crippen LogP contribution in [-0.4, -0.2) is 46.5 Å². The highest BCUT2D eigenvalue weighted by atomic mass is 16.2. The third kappa shape index (κ3) is 3.57. The summed E-state index contributed by atoms with van der Waals surface area (Å²) < 4.78 is 0. The molecule has 1 aromatic carbocycles. The molecule has 3 heterocycles. The Bertz CT molecular complexity index is 746. The lowest BCUT2D eigenvalue weighted by atomic mass is 9.92. The second kappa shape index (κ2) is 7.44. The van der Waals surface area contributed by atoms with Crippen molar-refractivity contribution in [2.24, 2.45) is 5.92 Å². The topological polar surface area (TPSA) is 49.3 Å². The molecule has 136 valence electrons. The SMILES string of the molecule is Cc1cnc(N2CCC3CCN(C(=O)CCc4ccccc4)C3C2)nc1. The van der Waals surface area contributed by atoms with Gasteiger partial charge in [0.1, 0.15) is 0 Å². The molecule has 5 nitrogen and oxygen atoms in total. The number of carbonyl (C=O) groups excluding carboxylic acids is 1. The van der Waals surface area contributed by atoms with Crippen molar-refractivity contribution in [3.05, 3.63) is 53.9 Å². The minimum atomic E-state index is 0.285. The van der Waals surface area contributed by atoms with Crippen LogP contribution in [0.5, 0.6) is 0 Å². The number of piperidine rings is 1. The Morgan fingerprint density at radius 1 is 1.12 bits per heavy atom. The average molecular weight is 350 g/mol. The van der Waals surface area contributed by atoms with E-state index in [2.05, 4.69) is 31.9 Å². The maximum absolute atomic E-state index is 12.8. The van der Waals surface area contributed by atoms with Gasteiger partial charge in [-0.05, 0) is 43.2 Å². The molecule has 2 saturated heterocycles. The lowest BCUT2D eigenvalue weighted by Gasteiger charge is -2.38. The number of likely N-dealkylation sites (tertiary alicyclic amines) is 1. The van der Waals surface area contributed by atoms with E-state index in [0.717, 1.165) is 50.4 Å². The molecule has 2 fully saturated rings. The monoisotopic (exact) mass is 350 g/mol. The first kappa shape index (κ1) is 17.0. The van der Waals surface area contributed by atoms with Gasteiger partial charge in [-0.15, -0.1) is 0 Å². The van der Waals surface area contributed by atoms with Crippen LogP contribution in [0.25, 0.3) is 0 Å². The molecule has 2 aliphatic rings. The van der Waals surface area contributed by atoms with E-state index in [4.69, 9.17) is 0 Å². The molecule has 0 spiro atoms. The third-order valence-corrected chi connectivity index (χ3v) is 5.70. The number of hydrogen-bond donors (Lipinski definition) is 0. The lowest BCUT2D eigenvalue weighted by Crippen LogP contribution is -2.50. The molecule has 2 aromatic rings. The van der Waals surface area contributed by atoms with Crippen molar-refractivity contribution in [1.29, 1.82) is 0 Å². The molecular weight excluding hydrogens is 324 g/mol. The van der Waals surface area contributed by atoms with E-state index in [0.29, 0.717) is 18.4 Å². The van der Waals surface area contributed by atoms with E-state index < -0.39 is 0 Å². The molecule has 0 N–H and O–H groups in total. The number of amides is 1. The zero-order chi connectivity index (χ0) is 17.9. The lowest BCUT2D eigenvalue weighted by molar-refractivity contribution is -0.132. The minimum Gasteiger partial charge on any atom is -0.339 e. The van der Waals surface area contributed by atoms with Crippen LogP contribution in [0.15, 0.2) is 42.7 Å². The van der Waals surface area contributed by atoms with Gasteiger partial charge in [-0.1, -0.05) is 30.3 Å². The van der Waals surface area contributed by atoms with Gasteiger partial charge < -0.3 is 9.80 Å². The van der Waals surface area contributed by atoms with Gasteiger partial charge in [0.05, 0.1) is 6.04 Å². The molecule has 1 amide bonds. The zero-order valence-corrected chi connectivity index (χ0v) is 15.3. The molecule has 4 rings (SSSR count). The maximum atomic E-state index is 12.8. The summed E-state index contributed by atoms with van der Waals surface area (Å²) in [4.78, 5) is 26.1. The molecule has 0 aliphatic carbocycles. The fourth-order valence-electron chi connectivity index (χ4n) is 4.22. The number of hydrogen-bond acceptors (Lipinski definition) is 4. The molecule has 2 unspecified atom stereocenters. The van der Waals surface area contributed by atoms with Gasteiger partial charge in [-0.2, -0.15) is 0 Å². The summed E-state index contributed by atoms with van der Waals surface area (Å²) in [7, 11) is 0. The number of rotatable bonds is 4. The van der Waals surface area contributed by atoms with E-state index in [1.807, 2.05) is 37.5 Å². The maximum Gasteiger partial charge on any atom is 0.225 e. The normalized spacial score (nSPS) is 22.3. The number of aryl methyl sites for hydroxylation is 2. The fraction of sp³-hybridized carbons (Fsp3) is 0.476. The van der Waals surface area contributed by atoms with Gasteiger partial charge in [0.25, 0.3) is 0 Å². The molecule has 2 atom stereocenters. The van der Waals surface area contributed by atoms with Crippen molar-refractivity contribution >= 4 is 11.9 Å². The highest BCUT2D eigenvalue weighted by Crippen LogP contribution is 2.33. The van der Waals surface area contributed by atoms with Gasteiger partial charge in [-0.25, -0.2) is 9.97 Å². The van der Waals surface area contributed by atoms with Crippen LogP contribution >= 0.6 is 0 Å². The quantitative estimate of drug-likeness (QED) is 0.851. The van der Waals surface area contributed by atoms with Gasteiger partial charge in [-0.3, -0.25) is 4.79 Å². The number of nitrogens with zero attached hydrogens (tertiary/aromatic N) is 4. The van der Waals surface area contributed by atoms with Gasteiger partial charge in [0, 0.05) is 38.4 Å².